The van der Waals surface area contributed by atoms with Crippen LogP contribution in [0.5, 0.6) is 0 Å². The molecular formula is C13H12ClN5OS. The number of hydrogen-bond donors (Lipinski definition) is 0. The van der Waals surface area contributed by atoms with Crippen LogP contribution in [-0.4, -0.2) is 30.4 Å². The van der Waals surface area contributed by atoms with Crippen LogP contribution in [0.15, 0.2) is 34.3 Å². The van der Waals surface area contributed by atoms with Gasteiger partial charge in [-0.05, 0) is 24.8 Å². The molecule has 0 radical (unpaired) electrons. The van der Waals surface area contributed by atoms with Gasteiger partial charge in [0.25, 0.3) is 5.56 Å². The number of aromatic nitrogens is 5. The first-order chi connectivity index (χ1) is 10.1. The van der Waals surface area contributed by atoms with E-state index in [-0.39, 0.29) is 10.8 Å². The molecule has 0 spiro atoms. The number of rotatable bonds is 3. The summed E-state index contributed by atoms with van der Waals surface area (Å²) < 4.78 is 3.41. The molecule has 108 valence electrons. The molecule has 0 N–H and O–H groups in total. The number of halogens is 1. The van der Waals surface area contributed by atoms with Gasteiger partial charge in [0.1, 0.15) is 10.7 Å². The summed E-state index contributed by atoms with van der Waals surface area (Å²) in [6, 6.07) is 3.47. The lowest BCUT2D eigenvalue weighted by Crippen LogP contribution is -2.20. The number of hydrogen-bond acceptors (Lipinski definition) is 5. The molecule has 0 unspecified atom stereocenters. The molecule has 0 aliphatic carbocycles. The van der Waals surface area contributed by atoms with Gasteiger partial charge >= 0.3 is 0 Å². The van der Waals surface area contributed by atoms with Gasteiger partial charge in [0.05, 0.1) is 6.54 Å². The monoisotopic (exact) mass is 321 g/mol. The summed E-state index contributed by atoms with van der Waals surface area (Å²) in [6.45, 7) is 2.44. The third-order valence-corrected chi connectivity index (χ3v) is 3.95. The molecule has 3 rings (SSSR count). The maximum absolute atomic E-state index is 12.0. The molecule has 0 aliphatic rings. The van der Waals surface area contributed by atoms with Crippen molar-refractivity contribution in [3.63, 3.8) is 0 Å². The topological polar surface area (TPSA) is 65.1 Å². The number of nitrogens with zero attached hydrogens (tertiary/aromatic N) is 5. The lowest BCUT2D eigenvalue weighted by molar-refractivity contribution is 0.728. The molecule has 0 atom stereocenters. The van der Waals surface area contributed by atoms with Crippen molar-refractivity contribution in [3.8, 4) is 0 Å². The van der Waals surface area contributed by atoms with Crippen molar-refractivity contribution in [1.29, 1.82) is 0 Å². The minimum Gasteiger partial charge on any atom is -0.325 e. The van der Waals surface area contributed by atoms with E-state index >= 15 is 0 Å². The summed E-state index contributed by atoms with van der Waals surface area (Å²) in [5, 5.41) is 5.30. The molecular weight excluding hydrogens is 310 g/mol. The highest BCUT2D eigenvalue weighted by atomic mass is 35.5. The van der Waals surface area contributed by atoms with Gasteiger partial charge in [0.2, 0.25) is 5.28 Å². The molecule has 3 aromatic rings. The van der Waals surface area contributed by atoms with Gasteiger partial charge in [-0.25, -0.2) is 9.97 Å². The molecule has 0 saturated heterocycles. The SMILES string of the molecule is CSc1cc2n(Cc3cnc(Cl)nc3)c(C)cc(=O)n2n1. The van der Waals surface area contributed by atoms with Crippen molar-refractivity contribution in [2.24, 2.45) is 0 Å². The van der Waals surface area contributed by atoms with Gasteiger partial charge in [0, 0.05) is 35.8 Å². The van der Waals surface area contributed by atoms with Crippen molar-refractivity contribution in [2.75, 3.05) is 6.26 Å². The fourth-order valence-electron chi connectivity index (χ4n) is 2.11. The van der Waals surface area contributed by atoms with E-state index in [4.69, 9.17) is 11.6 Å². The van der Waals surface area contributed by atoms with E-state index in [9.17, 15) is 4.79 Å². The molecule has 6 nitrogen and oxygen atoms in total. The molecule has 0 saturated carbocycles. The zero-order chi connectivity index (χ0) is 15.0. The summed E-state index contributed by atoms with van der Waals surface area (Å²) in [5.41, 5.74) is 2.38. The van der Waals surface area contributed by atoms with Crippen LogP contribution in [0.1, 0.15) is 11.3 Å². The fourth-order valence-corrected chi connectivity index (χ4v) is 2.60. The summed E-state index contributed by atoms with van der Waals surface area (Å²) in [7, 11) is 0. The highest BCUT2D eigenvalue weighted by Crippen LogP contribution is 2.16. The second kappa shape index (κ2) is 5.50. The van der Waals surface area contributed by atoms with Gasteiger partial charge in [-0.2, -0.15) is 9.61 Å². The van der Waals surface area contributed by atoms with Gasteiger partial charge in [0.15, 0.2) is 0 Å². The first kappa shape index (κ1) is 14.1. The molecule has 0 aromatic carbocycles. The summed E-state index contributed by atoms with van der Waals surface area (Å²) >= 11 is 7.20. The van der Waals surface area contributed by atoms with Crippen LogP contribution in [0.3, 0.4) is 0 Å². The summed E-state index contributed by atoms with van der Waals surface area (Å²) in [4.78, 5) is 20.0. The Morgan fingerprint density at radius 1 is 1.29 bits per heavy atom. The maximum atomic E-state index is 12.0. The maximum Gasteiger partial charge on any atom is 0.274 e. The Hall–Kier alpha value is -1.86. The largest absolute Gasteiger partial charge is 0.325 e. The fraction of sp³-hybridized carbons (Fsp3) is 0.231. The number of aryl methyl sites for hydroxylation is 1. The Labute approximate surface area is 129 Å². The lowest BCUT2D eigenvalue weighted by Gasteiger charge is -2.12. The van der Waals surface area contributed by atoms with Crippen molar-refractivity contribution in [3.05, 3.63) is 51.4 Å². The van der Waals surface area contributed by atoms with E-state index in [1.54, 1.807) is 18.5 Å². The third kappa shape index (κ3) is 2.66. The van der Waals surface area contributed by atoms with E-state index in [1.165, 1.54) is 16.3 Å². The standard InChI is InChI=1S/C13H12ClN5OS/c1-8-3-12(20)19-11(4-10(17-19)21-2)18(8)7-9-5-15-13(14)16-6-9/h3-6H,7H2,1-2H3. The van der Waals surface area contributed by atoms with Crippen molar-refractivity contribution in [2.45, 2.75) is 18.5 Å². The number of thioether (sulfide) groups is 1. The van der Waals surface area contributed by atoms with E-state index in [0.717, 1.165) is 21.9 Å². The third-order valence-electron chi connectivity index (χ3n) is 3.14. The zero-order valence-electron chi connectivity index (χ0n) is 11.4. The van der Waals surface area contributed by atoms with Crippen LogP contribution < -0.4 is 5.56 Å². The molecule has 0 fully saturated rings. The average Bonchev–Trinajstić information content (AvgIpc) is 2.90. The van der Waals surface area contributed by atoms with E-state index < -0.39 is 0 Å². The Morgan fingerprint density at radius 3 is 2.67 bits per heavy atom. The first-order valence-corrected chi connectivity index (χ1v) is 7.79. The molecule has 8 heteroatoms. The molecule has 0 amide bonds. The lowest BCUT2D eigenvalue weighted by atomic mass is 10.3. The van der Waals surface area contributed by atoms with Gasteiger partial charge < -0.3 is 4.57 Å². The molecule has 21 heavy (non-hydrogen) atoms. The minimum atomic E-state index is -0.133. The van der Waals surface area contributed by atoms with Crippen molar-refractivity contribution >= 4 is 29.0 Å². The quantitative estimate of drug-likeness (QED) is 0.545. The second-order valence-corrected chi connectivity index (χ2v) is 5.69. The van der Waals surface area contributed by atoms with E-state index in [0.29, 0.717) is 6.54 Å². The average molecular weight is 322 g/mol. The zero-order valence-corrected chi connectivity index (χ0v) is 13.0. The Morgan fingerprint density at radius 2 is 2.00 bits per heavy atom. The van der Waals surface area contributed by atoms with Crippen molar-refractivity contribution in [1.82, 2.24) is 24.1 Å². The normalized spacial score (nSPS) is 11.2. The van der Waals surface area contributed by atoms with Crippen molar-refractivity contribution < 1.29 is 0 Å². The minimum absolute atomic E-state index is 0.133. The Kier molecular flexibility index (Phi) is 3.69. The van der Waals surface area contributed by atoms with Gasteiger partial charge in [-0.3, -0.25) is 4.79 Å². The molecule has 0 aliphatic heterocycles. The predicted octanol–water partition coefficient (Wildman–Crippen LogP) is 2.02. The second-order valence-electron chi connectivity index (χ2n) is 4.53. The highest BCUT2D eigenvalue weighted by Gasteiger charge is 2.10. The van der Waals surface area contributed by atoms with Crippen LogP contribution >= 0.6 is 23.4 Å². The van der Waals surface area contributed by atoms with Gasteiger partial charge in [-0.15, -0.1) is 11.8 Å². The van der Waals surface area contributed by atoms with Crippen LogP contribution in [0.4, 0.5) is 0 Å². The highest BCUT2D eigenvalue weighted by molar-refractivity contribution is 7.98. The molecule has 0 bridgehead atoms. The van der Waals surface area contributed by atoms with Crippen LogP contribution in [0, 0.1) is 6.92 Å². The van der Waals surface area contributed by atoms with Crippen LogP contribution in [0.2, 0.25) is 5.28 Å². The van der Waals surface area contributed by atoms with Crippen LogP contribution in [-0.2, 0) is 6.54 Å². The van der Waals surface area contributed by atoms with E-state index in [1.807, 2.05) is 23.8 Å². The Balaban J connectivity index is 2.14. The molecule has 3 aromatic heterocycles. The number of fused-ring (bicyclic) bond motifs is 1. The van der Waals surface area contributed by atoms with Crippen LogP contribution in [0.25, 0.3) is 5.65 Å². The Bertz CT molecular complexity index is 855. The first-order valence-electron chi connectivity index (χ1n) is 6.19. The summed E-state index contributed by atoms with van der Waals surface area (Å²) in [6.07, 6.45) is 5.28. The molecule has 3 heterocycles. The summed E-state index contributed by atoms with van der Waals surface area (Å²) in [5.74, 6) is 0. The van der Waals surface area contributed by atoms with E-state index in [2.05, 4.69) is 15.1 Å². The smallest absolute Gasteiger partial charge is 0.274 e. The van der Waals surface area contributed by atoms with Gasteiger partial charge in [-0.1, -0.05) is 0 Å². The predicted molar refractivity (Wildman–Crippen MR) is 82.1 cm³/mol.